The standard InChI is InChI=1S/C27H34ClN5O6S/c28-22-9-8-20(16-29)21(15-22)17-30-25(34)23-7-4-10-33(23)27(36)24(26(35)32-11-13-39-14-12-32)31-40(37,38)18-19-5-2-1-3-6-19/h1-3,5-6,8-9,15,23-24,31H,4,7,10-14,16-18,29H2,(H,30,34)/t23-,24?/m0/s1. The van der Waals surface area contributed by atoms with Crippen molar-refractivity contribution in [3.05, 3.63) is 70.2 Å². The second-order valence-electron chi connectivity index (χ2n) is 9.76. The van der Waals surface area contributed by atoms with Crippen molar-refractivity contribution in [1.82, 2.24) is 19.8 Å². The van der Waals surface area contributed by atoms with Crippen LogP contribution in [0, 0.1) is 0 Å². The molecule has 3 amide bonds. The molecule has 216 valence electrons. The molecule has 40 heavy (non-hydrogen) atoms. The van der Waals surface area contributed by atoms with E-state index in [1.165, 1.54) is 9.80 Å². The number of carbonyl (C=O) groups is 3. The summed E-state index contributed by atoms with van der Waals surface area (Å²) in [6.45, 7) is 1.68. The molecule has 2 aliphatic rings. The van der Waals surface area contributed by atoms with Crippen LogP contribution >= 0.6 is 11.6 Å². The number of hydrogen-bond acceptors (Lipinski definition) is 7. The van der Waals surface area contributed by atoms with Gasteiger partial charge in [-0.05, 0) is 41.7 Å². The first-order valence-electron chi connectivity index (χ1n) is 13.1. The Balaban J connectivity index is 1.51. The van der Waals surface area contributed by atoms with Gasteiger partial charge in [0.15, 0.2) is 6.04 Å². The number of nitrogens with one attached hydrogen (secondary N) is 2. The molecule has 2 aromatic carbocycles. The Morgan fingerprint density at radius 2 is 1.75 bits per heavy atom. The highest BCUT2D eigenvalue weighted by Crippen LogP contribution is 2.21. The number of carbonyl (C=O) groups excluding carboxylic acids is 3. The predicted molar refractivity (Wildman–Crippen MR) is 149 cm³/mol. The highest BCUT2D eigenvalue weighted by molar-refractivity contribution is 7.88. The summed E-state index contributed by atoms with van der Waals surface area (Å²) >= 11 is 6.11. The molecule has 0 aromatic heterocycles. The Kier molecular flexibility index (Phi) is 10.1. The van der Waals surface area contributed by atoms with Gasteiger partial charge in [-0.1, -0.05) is 48.0 Å². The molecule has 4 rings (SSSR count). The maximum absolute atomic E-state index is 13.8. The Morgan fingerprint density at radius 3 is 2.45 bits per heavy atom. The van der Waals surface area contributed by atoms with Gasteiger partial charge in [-0.3, -0.25) is 14.4 Å². The van der Waals surface area contributed by atoms with E-state index in [1.54, 1.807) is 48.5 Å². The van der Waals surface area contributed by atoms with Crippen molar-refractivity contribution in [3.63, 3.8) is 0 Å². The molecular weight excluding hydrogens is 558 g/mol. The SMILES string of the molecule is NCc1ccc(Cl)cc1CNC(=O)[C@@H]1CCCN1C(=O)C(NS(=O)(=O)Cc1ccccc1)C(=O)N1CCOCC1. The first-order chi connectivity index (χ1) is 19.2. The number of nitrogens with two attached hydrogens (primary N) is 1. The van der Waals surface area contributed by atoms with Gasteiger partial charge in [0.05, 0.1) is 19.0 Å². The molecule has 1 unspecified atom stereocenters. The van der Waals surface area contributed by atoms with E-state index < -0.39 is 45.6 Å². The summed E-state index contributed by atoms with van der Waals surface area (Å²) in [6, 6.07) is 11.2. The smallest absolute Gasteiger partial charge is 0.251 e. The van der Waals surface area contributed by atoms with Gasteiger partial charge >= 0.3 is 0 Å². The molecule has 2 fully saturated rings. The summed E-state index contributed by atoms with van der Waals surface area (Å²) in [5, 5.41) is 3.35. The fourth-order valence-electron chi connectivity index (χ4n) is 4.91. The van der Waals surface area contributed by atoms with Crippen LogP contribution in [-0.4, -0.2) is 80.9 Å². The molecule has 0 bridgehead atoms. The van der Waals surface area contributed by atoms with Crippen LogP contribution in [0.5, 0.6) is 0 Å². The molecule has 0 saturated carbocycles. The first-order valence-corrected chi connectivity index (χ1v) is 15.2. The molecule has 2 aromatic rings. The van der Waals surface area contributed by atoms with Crippen LogP contribution < -0.4 is 15.8 Å². The molecule has 2 atom stereocenters. The number of rotatable bonds is 10. The summed E-state index contributed by atoms with van der Waals surface area (Å²) in [5.74, 6) is -2.22. The molecule has 2 heterocycles. The number of halogens is 1. The minimum atomic E-state index is -4.09. The van der Waals surface area contributed by atoms with E-state index in [1.807, 2.05) is 0 Å². The number of nitrogens with zero attached hydrogens (tertiary/aromatic N) is 2. The third-order valence-electron chi connectivity index (χ3n) is 6.99. The Bertz CT molecular complexity index is 1320. The van der Waals surface area contributed by atoms with E-state index in [9.17, 15) is 22.8 Å². The number of benzene rings is 2. The molecule has 2 aliphatic heterocycles. The molecule has 4 N–H and O–H groups in total. The monoisotopic (exact) mass is 591 g/mol. The van der Waals surface area contributed by atoms with E-state index in [-0.39, 0.29) is 45.9 Å². The minimum absolute atomic E-state index is 0.157. The molecule has 13 heteroatoms. The van der Waals surface area contributed by atoms with Crippen LogP contribution in [0.3, 0.4) is 0 Å². The van der Waals surface area contributed by atoms with Gasteiger partial charge in [-0.25, -0.2) is 8.42 Å². The Hall–Kier alpha value is -3.03. The van der Waals surface area contributed by atoms with E-state index in [2.05, 4.69) is 10.0 Å². The predicted octanol–water partition coefficient (Wildman–Crippen LogP) is 0.753. The topological polar surface area (TPSA) is 151 Å². The number of ether oxygens (including phenoxy) is 1. The third-order valence-corrected chi connectivity index (χ3v) is 8.54. The molecular formula is C27H34ClN5O6S. The lowest BCUT2D eigenvalue weighted by Crippen LogP contribution is -2.60. The summed E-state index contributed by atoms with van der Waals surface area (Å²) in [5.41, 5.74) is 7.90. The largest absolute Gasteiger partial charge is 0.378 e. The minimum Gasteiger partial charge on any atom is -0.378 e. The van der Waals surface area contributed by atoms with Gasteiger partial charge < -0.3 is 25.6 Å². The summed E-state index contributed by atoms with van der Waals surface area (Å²) in [6.07, 6.45) is 0.913. The van der Waals surface area contributed by atoms with E-state index >= 15 is 0 Å². The van der Waals surface area contributed by atoms with Crippen LogP contribution in [0.4, 0.5) is 0 Å². The maximum Gasteiger partial charge on any atom is 0.251 e. The van der Waals surface area contributed by atoms with Crippen molar-refractivity contribution in [2.24, 2.45) is 5.73 Å². The zero-order chi connectivity index (χ0) is 28.7. The second-order valence-corrected chi connectivity index (χ2v) is 11.9. The van der Waals surface area contributed by atoms with Crippen molar-refractivity contribution in [1.29, 1.82) is 0 Å². The average Bonchev–Trinajstić information content (AvgIpc) is 3.45. The van der Waals surface area contributed by atoms with Crippen LogP contribution in [0.2, 0.25) is 5.02 Å². The number of morpholine rings is 1. The summed E-state index contributed by atoms with van der Waals surface area (Å²) in [7, 11) is -4.09. The summed E-state index contributed by atoms with van der Waals surface area (Å²) < 4.78 is 33.9. The number of amides is 3. The van der Waals surface area contributed by atoms with Crippen molar-refractivity contribution in [2.75, 3.05) is 32.8 Å². The third kappa shape index (κ3) is 7.58. The zero-order valence-corrected chi connectivity index (χ0v) is 23.6. The van der Waals surface area contributed by atoms with E-state index in [0.717, 1.165) is 11.1 Å². The van der Waals surface area contributed by atoms with Crippen LogP contribution in [-0.2, 0) is 48.0 Å². The lowest BCUT2D eigenvalue weighted by Gasteiger charge is -2.33. The number of sulfonamides is 1. The zero-order valence-electron chi connectivity index (χ0n) is 22.1. The quantitative estimate of drug-likeness (QED) is 0.345. The van der Waals surface area contributed by atoms with Crippen molar-refractivity contribution in [3.8, 4) is 0 Å². The average molecular weight is 592 g/mol. The number of likely N-dealkylation sites (tertiary alicyclic amines) is 1. The first kappa shape index (κ1) is 29.9. The van der Waals surface area contributed by atoms with Gasteiger partial charge in [-0.15, -0.1) is 0 Å². The second kappa shape index (κ2) is 13.6. The van der Waals surface area contributed by atoms with Gasteiger partial charge in [-0.2, -0.15) is 4.72 Å². The van der Waals surface area contributed by atoms with Crippen molar-refractivity contribution < 1.29 is 27.5 Å². The lowest BCUT2D eigenvalue weighted by molar-refractivity contribution is -0.148. The molecule has 11 nitrogen and oxygen atoms in total. The molecule has 0 spiro atoms. The highest BCUT2D eigenvalue weighted by Gasteiger charge is 2.42. The summed E-state index contributed by atoms with van der Waals surface area (Å²) in [4.78, 5) is 43.2. The number of hydrogen-bond donors (Lipinski definition) is 3. The molecule has 0 radical (unpaired) electrons. The van der Waals surface area contributed by atoms with Gasteiger partial charge in [0.25, 0.3) is 11.8 Å². The van der Waals surface area contributed by atoms with E-state index in [0.29, 0.717) is 23.4 Å². The van der Waals surface area contributed by atoms with Crippen LogP contribution in [0.15, 0.2) is 48.5 Å². The highest BCUT2D eigenvalue weighted by atomic mass is 35.5. The van der Waals surface area contributed by atoms with E-state index in [4.69, 9.17) is 22.1 Å². The molecule has 0 aliphatic carbocycles. The Morgan fingerprint density at radius 1 is 1.02 bits per heavy atom. The van der Waals surface area contributed by atoms with Gasteiger partial charge in [0, 0.05) is 37.7 Å². The van der Waals surface area contributed by atoms with Gasteiger partial charge in [0.2, 0.25) is 15.9 Å². The van der Waals surface area contributed by atoms with Gasteiger partial charge in [0.1, 0.15) is 6.04 Å². The van der Waals surface area contributed by atoms with Crippen molar-refractivity contribution in [2.45, 2.75) is 43.8 Å². The van der Waals surface area contributed by atoms with Crippen molar-refractivity contribution >= 4 is 39.3 Å². The Labute approximate surface area is 239 Å². The van der Waals surface area contributed by atoms with Crippen LogP contribution in [0.1, 0.15) is 29.5 Å². The lowest BCUT2D eigenvalue weighted by atomic mass is 10.1. The fraction of sp³-hybridized carbons (Fsp3) is 0.444. The maximum atomic E-state index is 13.8. The molecule has 2 saturated heterocycles. The normalized spacial score (nSPS) is 18.4. The van der Waals surface area contributed by atoms with Crippen LogP contribution in [0.25, 0.3) is 0 Å². The fourth-order valence-corrected chi connectivity index (χ4v) is 6.38.